The Morgan fingerprint density at radius 2 is 1.67 bits per heavy atom. The summed E-state index contributed by atoms with van der Waals surface area (Å²) in [6.45, 7) is 1.48. The van der Waals surface area contributed by atoms with Crippen LogP contribution >= 0.6 is 0 Å². The summed E-state index contributed by atoms with van der Waals surface area (Å²) in [5.74, 6) is -0.186. The molecule has 1 N–H and O–H groups in total. The second kappa shape index (κ2) is 8.10. The third-order valence-electron chi connectivity index (χ3n) is 8.11. The van der Waals surface area contributed by atoms with Crippen molar-refractivity contribution in [2.24, 2.45) is 0 Å². The molecule has 0 aliphatic carbocycles. The van der Waals surface area contributed by atoms with Crippen molar-refractivity contribution >= 4 is 17.7 Å². The number of amides is 3. The lowest BCUT2D eigenvalue weighted by Gasteiger charge is -2.39. The normalized spacial score (nSPS) is 29.3. The lowest BCUT2D eigenvalue weighted by atomic mass is 9.84. The van der Waals surface area contributed by atoms with Gasteiger partial charge >= 0.3 is 0 Å². The van der Waals surface area contributed by atoms with E-state index >= 15 is 0 Å². The molecule has 4 atom stereocenters. The lowest BCUT2D eigenvalue weighted by molar-refractivity contribution is -0.136. The van der Waals surface area contributed by atoms with Gasteiger partial charge in [-0.2, -0.15) is 0 Å². The summed E-state index contributed by atoms with van der Waals surface area (Å²) in [5, 5.41) is 2.38. The highest BCUT2D eigenvalue weighted by Crippen LogP contribution is 2.44. The van der Waals surface area contributed by atoms with Crippen LogP contribution in [0.4, 0.5) is 0 Å². The van der Waals surface area contributed by atoms with Gasteiger partial charge in [0.2, 0.25) is 11.8 Å². The Balaban J connectivity index is 1.17. The summed E-state index contributed by atoms with van der Waals surface area (Å²) < 4.78 is 0. The SMILES string of the molecule is O=C1CCC(N2Cc3cc(C4C[C@H]5CC[C@@H](C4)N5Cc4ccccc4)ccc3C2=O)C(=O)N1. The van der Waals surface area contributed by atoms with E-state index in [4.69, 9.17) is 0 Å². The van der Waals surface area contributed by atoms with Gasteiger partial charge in [-0.1, -0.05) is 42.5 Å². The number of nitrogens with one attached hydrogen (secondary N) is 1. The van der Waals surface area contributed by atoms with Gasteiger partial charge in [0.05, 0.1) is 0 Å². The molecule has 0 saturated carbocycles. The van der Waals surface area contributed by atoms with E-state index in [1.54, 1.807) is 4.90 Å². The standard InChI is InChI=1S/C27H29N3O3/c31-25-11-10-24(26(32)28-25)30-16-20-12-18(6-9-23(20)27(30)33)19-13-21-7-8-22(14-19)29(21)15-17-4-2-1-3-5-17/h1-6,9,12,19,21-22,24H,7-8,10-11,13-16H2,(H,28,31,32)/t19?,21-,22+,24?. The van der Waals surface area contributed by atoms with Crippen LogP contribution < -0.4 is 5.32 Å². The zero-order chi connectivity index (χ0) is 22.5. The van der Waals surface area contributed by atoms with E-state index < -0.39 is 6.04 Å². The maximum Gasteiger partial charge on any atom is 0.255 e. The van der Waals surface area contributed by atoms with Crippen molar-refractivity contribution in [3.63, 3.8) is 0 Å². The summed E-state index contributed by atoms with van der Waals surface area (Å²) in [5.41, 5.74) is 4.43. The number of nitrogens with zero attached hydrogens (tertiary/aromatic N) is 2. The number of carbonyl (C=O) groups is 3. The number of piperidine rings is 2. The molecule has 170 valence electrons. The Morgan fingerprint density at radius 3 is 2.39 bits per heavy atom. The molecule has 0 aromatic heterocycles. The first-order chi connectivity index (χ1) is 16.1. The van der Waals surface area contributed by atoms with E-state index in [9.17, 15) is 14.4 Å². The maximum absolute atomic E-state index is 13.0. The second-order valence-electron chi connectivity index (χ2n) is 10.0. The molecule has 0 radical (unpaired) electrons. The minimum absolute atomic E-state index is 0.0937. The molecular formula is C27H29N3O3. The van der Waals surface area contributed by atoms with Crippen LogP contribution in [0.3, 0.4) is 0 Å². The van der Waals surface area contributed by atoms with E-state index in [0.29, 0.717) is 36.5 Å². The average Bonchev–Trinajstić information content (AvgIpc) is 3.24. The minimum atomic E-state index is -0.553. The monoisotopic (exact) mass is 443 g/mol. The topological polar surface area (TPSA) is 69.7 Å². The van der Waals surface area contributed by atoms with Crippen LogP contribution in [0.25, 0.3) is 0 Å². The third kappa shape index (κ3) is 3.66. The number of imide groups is 1. The van der Waals surface area contributed by atoms with Crippen LogP contribution in [0.1, 0.15) is 71.5 Å². The molecule has 2 aromatic carbocycles. The molecule has 4 heterocycles. The van der Waals surface area contributed by atoms with Crippen molar-refractivity contribution in [3.05, 3.63) is 70.8 Å². The fraction of sp³-hybridized carbons (Fsp3) is 0.444. The molecule has 4 aliphatic heterocycles. The Bertz CT molecular complexity index is 1100. The van der Waals surface area contributed by atoms with E-state index in [0.717, 1.165) is 24.9 Å². The van der Waals surface area contributed by atoms with Gasteiger partial charge in [0.15, 0.2) is 0 Å². The van der Waals surface area contributed by atoms with Crippen LogP contribution in [-0.2, 0) is 22.7 Å². The third-order valence-corrected chi connectivity index (χ3v) is 8.11. The Hall–Kier alpha value is -2.99. The molecule has 3 amide bonds. The quantitative estimate of drug-likeness (QED) is 0.736. The summed E-state index contributed by atoms with van der Waals surface area (Å²) in [7, 11) is 0. The molecule has 33 heavy (non-hydrogen) atoms. The zero-order valence-corrected chi connectivity index (χ0v) is 18.7. The maximum atomic E-state index is 13.0. The highest BCUT2D eigenvalue weighted by atomic mass is 16.2. The van der Waals surface area contributed by atoms with Crippen LogP contribution in [0.5, 0.6) is 0 Å². The van der Waals surface area contributed by atoms with Crippen molar-refractivity contribution in [1.29, 1.82) is 0 Å². The van der Waals surface area contributed by atoms with Gasteiger partial charge in [0, 0.05) is 37.2 Å². The van der Waals surface area contributed by atoms with Gasteiger partial charge in [-0.05, 0) is 60.8 Å². The van der Waals surface area contributed by atoms with Gasteiger partial charge < -0.3 is 4.90 Å². The van der Waals surface area contributed by atoms with Crippen LogP contribution in [0.2, 0.25) is 0 Å². The first-order valence-corrected chi connectivity index (χ1v) is 12.1. The molecule has 4 aliphatic rings. The number of fused-ring (bicyclic) bond motifs is 3. The largest absolute Gasteiger partial charge is 0.322 e. The Kier molecular flexibility index (Phi) is 5.06. The molecule has 6 rings (SSSR count). The number of hydrogen-bond donors (Lipinski definition) is 1. The van der Waals surface area contributed by atoms with E-state index in [1.807, 2.05) is 6.07 Å². The van der Waals surface area contributed by atoms with E-state index in [1.165, 1.54) is 24.0 Å². The number of hydrogen-bond acceptors (Lipinski definition) is 4. The molecule has 6 heteroatoms. The Morgan fingerprint density at radius 1 is 0.909 bits per heavy atom. The van der Waals surface area contributed by atoms with E-state index in [2.05, 4.69) is 52.7 Å². The number of carbonyl (C=O) groups excluding carboxylic acids is 3. The van der Waals surface area contributed by atoms with Gasteiger partial charge in [0.25, 0.3) is 5.91 Å². The minimum Gasteiger partial charge on any atom is -0.322 e. The lowest BCUT2D eigenvalue weighted by Crippen LogP contribution is -2.52. The molecular weight excluding hydrogens is 414 g/mol. The fourth-order valence-electron chi connectivity index (χ4n) is 6.45. The van der Waals surface area contributed by atoms with Crippen molar-refractivity contribution < 1.29 is 14.4 Å². The van der Waals surface area contributed by atoms with Crippen molar-refractivity contribution in [2.45, 2.75) is 75.7 Å². The van der Waals surface area contributed by atoms with Crippen LogP contribution in [0, 0.1) is 0 Å². The van der Waals surface area contributed by atoms with Crippen molar-refractivity contribution in [3.8, 4) is 0 Å². The summed E-state index contributed by atoms with van der Waals surface area (Å²) in [4.78, 5) is 41.1. The Labute approximate surface area is 193 Å². The van der Waals surface area contributed by atoms with Gasteiger partial charge in [-0.25, -0.2) is 0 Å². The second-order valence-corrected chi connectivity index (χ2v) is 10.0. The van der Waals surface area contributed by atoms with Crippen molar-refractivity contribution in [1.82, 2.24) is 15.1 Å². The van der Waals surface area contributed by atoms with Gasteiger partial charge in [0.1, 0.15) is 6.04 Å². The average molecular weight is 444 g/mol. The summed E-state index contributed by atoms with van der Waals surface area (Å²) in [6, 6.07) is 17.7. The zero-order valence-electron chi connectivity index (χ0n) is 18.7. The van der Waals surface area contributed by atoms with Crippen LogP contribution in [-0.4, -0.2) is 45.6 Å². The van der Waals surface area contributed by atoms with Crippen molar-refractivity contribution in [2.75, 3.05) is 0 Å². The van der Waals surface area contributed by atoms with Gasteiger partial charge in [-0.15, -0.1) is 0 Å². The highest BCUT2D eigenvalue weighted by Gasteiger charge is 2.42. The molecule has 2 aromatic rings. The molecule has 0 spiro atoms. The first-order valence-electron chi connectivity index (χ1n) is 12.1. The summed E-state index contributed by atoms with van der Waals surface area (Å²) in [6.07, 6.45) is 5.54. The molecule has 3 saturated heterocycles. The number of rotatable bonds is 4. The van der Waals surface area contributed by atoms with Gasteiger partial charge in [-0.3, -0.25) is 24.6 Å². The molecule has 6 nitrogen and oxygen atoms in total. The fourth-order valence-corrected chi connectivity index (χ4v) is 6.45. The first kappa shape index (κ1) is 20.6. The van der Waals surface area contributed by atoms with E-state index in [-0.39, 0.29) is 24.1 Å². The van der Waals surface area contributed by atoms with Crippen LogP contribution in [0.15, 0.2) is 48.5 Å². The smallest absolute Gasteiger partial charge is 0.255 e. The molecule has 2 unspecified atom stereocenters. The summed E-state index contributed by atoms with van der Waals surface area (Å²) >= 11 is 0. The molecule has 2 bridgehead atoms. The predicted molar refractivity (Wildman–Crippen MR) is 123 cm³/mol. The molecule has 3 fully saturated rings. The predicted octanol–water partition coefficient (Wildman–Crippen LogP) is 3.36. The number of benzene rings is 2. The highest BCUT2D eigenvalue weighted by molar-refractivity contribution is 6.05.